The van der Waals surface area contributed by atoms with Crippen LogP contribution in [0.3, 0.4) is 0 Å². The summed E-state index contributed by atoms with van der Waals surface area (Å²) < 4.78 is 1.80. The summed E-state index contributed by atoms with van der Waals surface area (Å²) in [6.45, 7) is 5.59. The van der Waals surface area contributed by atoms with Crippen LogP contribution >= 0.6 is 23.4 Å². The van der Waals surface area contributed by atoms with Crippen molar-refractivity contribution in [1.29, 1.82) is 0 Å². The van der Waals surface area contributed by atoms with Crippen LogP contribution in [0.25, 0.3) is 5.69 Å². The van der Waals surface area contributed by atoms with Gasteiger partial charge in [-0.2, -0.15) is 0 Å². The third-order valence-electron chi connectivity index (χ3n) is 4.28. The number of thioether (sulfide) groups is 1. The lowest BCUT2D eigenvalue weighted by molar-refractivity contribution is -0.118. The molecule has 0 atom stereocenters. The monoisotopic (exact) mass is 428 g/mol. The Balaban J connectivity index is 1.65. The van der Waals surface area contributed by atoms with E-state index in [1.165, 1.54) is 11.8 Å². The second-order valence-corrected chi connectivity index (χ2v) is 8.20. The van der Waals surface area contributed by atoms with E-state index in [1.807, 2.05) is 39.0 Å². The number of benzene rings is 2. The summed E-state index contributed by atoms with van der Waals surface area (Å²) in [5, 5.41) is 12.1. The van der Waals surface area contributed by atoms with Crippen molar-refractivity contribution in [2.75, 3.05) is 11.1 Å². The molecule has 0 spiro atoms. The first-order valence-electron chi connectivity index (χ1n) is 9.08. The van der Waals surface area contributed by atoms with E-state index in [1.54, 1.807) is 35.2 Å². The molecule has 0 aliphatic rings. The molecule has 150 valence electrons. The third-order valence-corrected chi connectivity index (χ3v) is 5.63. The average Bonchev–Trinajstić information content (AvgIpc) is 3.17. The molecule has 2 aromatic carbocycles. The number of hydrogen-bond donors (Lipinski definition) is 1. The van der Waals surface area contributed by atoms with Gasteiger partial charge in [0.1, 0.15) is 6.33 Å². The predicted molar refractivity (Wildman–Crippen MR) is 116 cm³/mol. The molecule has 0 fully saturated rings. The lowest BCUT2D eigenvalue weighted by Crippen LogP contribution is -2.17. The topological polar surface area (TPSA) is 76.9 Å². The first-order valence-corrected chi connectivity index (χ1v) is 10.4. The number of anilines is 1. The number of rotatable bonds is 7. The van der Waals surface area contributed by atoms with Crippen LogP contribution < -0.4 is 5.32 Å². The molecule has 0 aliphatic heterocycles. The fraction of sp³-hybridized carbons (Fsp3) is 0.238. The summed E-state index contributed by atoms with van der Waals surface area (Å²) in [6, 6.07) is 12.6. The van der Waals surface area contributed by atoms with Crippen molar-refractivity contribution in [2.24, 2.45) is 5.92 Å². The van der Waals surface area contributed by atoms with E-state index in [0.717, 1.165) is 11.3 Å². The summed E-state index contributed by atoms with van der Waals surface area (Å²) in [4.78, 5) is 24.3. The van der Waals surface area contributed by atoms with Gasteiger partial charge in [-0.25, -0.2) is 0 Å². The fourth-order valence-electron chi connectivity index (χ4n) is 2.47. The van der Waals surface area contributed by atoms with Gasteiger partial charge in [0, 0.05) is 22.2 Å². The van der Waals surface area contributed by atoms with Gasteiger partial charge in [0.15, 0.2) is 10.9 Å². The van der Waals surface area contributed by atoms with Crippen molar-refractivity contribution in [3.05, 3.63) is 64.9 Å². The standard InChI is InChI=1S/C21H21ClN4O2S/c1-13(2)20(28)24-16-7-5-15(6-8-16)19(27)11-29-21-25-23-12-26(21)17-9-4-14(3)18(22)10-17/h4-10,12-13H,11H2,1-3H3,(H,24,28). The summed E-state index contributed by atoms with van der Waals surface area (Å²) in [5.41, 5.74) is 3.07. The Bertz CT molecular complexity index is 1030. The average molecular weight is 429 g/mol. The van der Waals surface area contributed by atoms with Gasteiger partial charge in [-0.1, -0.05) is 43.3 Å². The lowest BCUT2D eigenvalue weighted by atomic mass is 10.1. The number of nitrogens with zero attached hydrogens (tertiary/aromatic N) is 3. The number of aromatic nitrogens is 3. The minimum absolute atomic E-state index is 0.0341. The Morgan fingerprint density at radius 1 is 1.17 bits per heavy atom. The van der Waals surface area contributed by atoms with Crippen molar-refractivity contribution in [3.8, 4) is 5.69 Å². The van der Waals surface area contributed by atoms with Gasteiger partial charge in [0.05, 0.1) is 11.4 Å². The van der Waals surface area contributed by atoms with E-state index in [-0.39, 0.29) is 23.4 Å². The number of nitrogens with one attached hydrogen (secondary N) is 1. The zero-order valence-electron chi connectivity index (χ0n) is 16.3. The van der Waals surface area contributed by atoms with Crippen LogP contribution in [-0.4, -0.2) is 32.2 Å². The minimum Gasteiger partial charge on any atom is -0.326 e. The first kappa shape index (κ1) is 21.1. The van der Waals surface area contributed by atoms with Crippen LogP contribution in [0.4, 0.5) is 5.69 Å². The number of hydrogen-bond acceptors (Lipinski definition) is 5. The normalized spacial score (nSPS) is 10.9. The molecule has 29 heavy (non-hydrogen) atoms. The van der Waals surface area contributed by atoms with Gasteiger partial charge in [-0.05, 0) is 48.9 Å². The third kappa shape index (κ3) is 5.25. The molecule has 3 aromatic rings. The Kier molecular flexibility index (Phi) is 6.71. The number of halogens is 1. The Labute approximate surface area is 178 Å². The zero-order valence-corrected chi connectivity index (χ0v) is 17.9. The predicted octanol–water partition coefficient (Wildman–Crippen LogP) is 4.80. The van der Waals surface area contributed by atoms with Gasteiger partial charge < -0.3 is 5.32 Å². The second kappa shape index (κ2) is 9.24. The van der Waals surface area contributed by atoms with Crippen LogP contribution in [-0.2, 0) is 4.79 Å². The molecule has 0 saturated heterocycles. The van der Waals surface area contributed by atoms with Crippen LogP contribution in [0.15, 0.2) is 53.9 Å². The molecule has 0 aliphatic carbocycles. The first-order chi connectivity index (χ1) is 13.8. The Morgan fingerprint density at radius 3 is 2.55 bits per heavy atom. The Morgan fingerprint density at radius 2 is 1.90 bits per heavy atom. The van der Waals surface area contributed by atoms with Gasteiger partial charge in [0.25, 0.3) is 0 Å². The molecule has 0 saturated carbocycles. The van der Waals surface area contributed by atoms with Crippen LogP contribution in [0, 0.1) is 12.8 Å². The molecular formula is C21H21ClN4O2S. The highest BCUT2D eigenvalue weighted by molar-refractivity contribution is 7.99. The van der Waals surface area contributed by atoms with Crippen LogP contribution in [0.2, 0.25) is 5.02 Å². The van der Waals surface area contributed by atoms with Crippen LogP contribution in [0.1, 0.15) is 29.8 Å². The van der Waals surface area contributed by atoms with E-state index in [9.17, 15) is 9.59 Å². The fourth-order valence-corrected chi connectivity index (χ4v) is 3.47. The molecule has 1 aromatic heterocycles. The Hall–Kier alpha value is -2.64. The summed E-state index contributed by atoms with van der Waals surface area (Å²) >= 11 is 7.52. The zero-order chi connectivity index (χ0) is 21.0. The minimum atomic E-state index is -0.103. The molecule has 1 heterocycles. The number of Topliss-reactive ketones (excluding diaryl/α,β-unsaturated/α-hetero) is 1. The maximum Gasteiger partial charge on any atom is 0.226 e. The second-order valence-electron chi connectivity index (χ2n) is 6.85. The van der Waals surface area contributed by atoms with Gasteiger partial charge in [-0.15, -0.1) is 10.2 Å². The SMILES string of the molecule is Cc1ccc(-n2cnnc2SCC(=O)c2ccc(NC(=O)C(C)C)cc2)cc1Cl. The van der Waals surface area contributed by atoms with Crippen molar-refractivity contribution >= 4 is 40.7 Å². The van der Waals surface area contributed by atoms with Crippen molar-refractivity contribution in [3.63, 3.8) is 0 Å². The van der Waals surface area contributed by atoms with Gasteiger partial charge in [-0.3, -0.25) is 14.2 Å². The van der Waals surface area contributed by atoms with E-state index in [0.29, 0.717) is 21.4 Å². The summed E-state index contributed by atoms with van der Waals surface area (Å²) in [5.74, 6) is 0.0209. The maximum absolute atomic E-state index is 12.5. The maximum atomic E-state index is 12.5. The van der Waals surface area contributed by atoms with E-state index in [4.69, 9.17) is 11.6 Å². The molecule has 0 bridgehead atoms. The highest BCUT2D eigenvalue weighted by Crippen LogP contribution is 2.24. The molecule has 0 radical (unpaired) electrons. The number of carbonyl (C=O) groups is 2. The van der Waals surface area contributed by atoms with Gasteiger partial charge in [0.2, 0.25) is 5.91 Å². The molecule has 1 amide bonds. The smallest absolute Gasteiger partial charge is 0.226 e. The molecule has 1 N–H and O–H groups in total. The highest BCUT2D eigenvalue weighted by Gasteiger charge is 2.13. The quantitative estimate of drug-likeness (QED) is 0.432. The van der Waals surface area contributed by atoms with Gasteiger partial charge >= 0.3 is 0 Å². The lowest BCUT2D eigenvalue weighted by Gasteiger charge is -2.09. The number of ketones is 1. The number of amides is 1. The van der Waals surface area contributed by atoms with Crippen molar-refractivity contribution < 1.29 is 9.59 Å². The highest BCUT2D eigenvalue weighted by atomic mass is 35.5. The summed E-state index contributed by atoms with van der Waals surface area (Å²) in [7, 11) is 0. The van der Waals surface area contributed by atoms with E-state index in [2.05, 4.69) is 15.5 Å². The van der Waals surface area contributed by atoms with Crippen LogP contribution in [0.5, 0.6) is 0 Å². The van der Waals surface area contributed by atoms with E-state index < -0.39 is 0 Å². The van der Waals surface area contributed by atoms with E-state index >= 15 is 0 Å². The molecule has 8 heteroatoms. The molecule has 6 nitrogen and oxygen atoms in total. The number of carbonyl (C=O) groups excluding carboxylic acids is 2. The number of aryl methyl sites for hydroxylation is 1. The van der Waals surface area contributed by atoms with Crippen molar-refractivity contribution in [1.82, 2.24) is 14.8 Å². The molecular weight excluding hydrogens is 408 g/mol. The molecule has 3 rings (SSSR count). The summed E-state index contributed by atoms with van der Waals surface area (Å²) in [6.07, 6.45) is 1.60. The van der Waals surface area contributed by atoms with Crippen molar-refractivity contribution in [2.45, 2.75) is 25.9 Å². The molecule has 0 unspecified atom stereocenters. The largest absolute Gasteiger partial charge is 0.326 e.